The molecule has 1 rings (SSSR count). The molecule has 2 N–H and O–H groups in total. The average molecular weight is 185 g/mol. The second-order valence-electron chi connectivity index (χ2n) is 2.72. The molecule has 0 saturated carbocycles. The highest BCUT2D eigenvalue weighted by atomic mass is 32.2. The summed E-state index contributed by atoms with van der Waals surface area (Å²) in [5.41, 5.74) is 0. The van der Waals surface area contributed by atoms with Crippen LogP contribution in [0.1, 0.15) is 6.42 Å². The maximum Gasteiger partial charge on any atom is 0.0860 e. The molecule has 1 atom stereocenters. The molecule has 0 radical (unpaired) electrons. The fourth-order valence-corrected chi connectivity index (χ4v) is 1.93. The van der Waals surface area contributed by atoms with E-state index >= 15 is 0 Å². The lowest BCUT2D eigenvalue weighted by Crippen LogP contribution is -2.18. The van der Waals surface area contributed by atoms with E-state index in [2.05, 4.69) is 11.4 Å². The first kappa shape index (κ1) is 9.84. The summed E-state index contributed by atoms with van der Waals surface area (Å²) in [4.78, 5) is 1.09. The maximum atomic E-state index is 9.64. The van der Waals surface area contributed by atoms with Gasteiger partial charge in [0.2, 0.25) is 0 Å². The van der Waals surface area contributed by atoms with E-state index in [0.29, 0.717) is 0 Å². The standard InChI is InChI=1S/C9H15NOS/c1-10-6-5-8(11)9-4-2-3-7-12-9/h2-4,8,10-11H,5-7H2,1H3. The van der Waals surface area contributed by atoms with Gasteiger partial charge in [-0.1, -0.05) is 18.2 Å². The number of allylic oxidation sites excluding steroid dienone is 2. The summed E-state index contributed by atoms with van der Waals surface area (Å²) in [7, 11) is 1.90. The third kappa shape index (κ3) is 3.01. The van der Waals surface area contributed by atoms with Gasteiger partial charge in [0, 0.05) is 10.7 Å². The molecule has 12 heavy (non-hydrogen) atoms. The van der Waals surface area contributed by atoms with Gasteiger partial charge in [-0.15, -0.1) is 11.8 Å². The number of hydrogen-bond acceptors (Lipinski definition) is 3. The molecule has 3 heteroatoms. The molecule has 0 amide bonds. The highest BCUT2D eigenvalue weighted by Gasteiger charge is 2.10. The Bertz CT molecular complexity index is 189. The summed E-state index contributed by atoms with van der Waals surface area (Å²) < 4.78 is 0. The number of thioether (sulfide) groups is 1. The zero-order valence-electron chi connectivity index (χ0n) is 7.29. The SMILES string of the molecule is CNCCC(O)C1=CC=CCS1. The Hall–Kier alpha value is -0.250. The molecular formula is C9H15NOS. The van der Waals surface area contributed by atoms with E-state index in [-0.39, 0.29) is 6.10 Å². The van der Waals surface area contributed by atoms with E-state index in [1.54, 1.807) is 11.8 Å². The van der Waals surface area contributed by atoms with Crippen LogP contribution in [0.3, 0.4) is 0 Å². The van der Waals surface area contributed by atoms with Crippen LogP contribution >= 0.6 is 11.8 Å². The predicted molar refractivity (Wildman–Crippen MR) is 54.2 cm³/mol. The zero-order chi connectivity index (χ0) is 8.81. The van der Waals surface area contributed by atoms with Crippen LogP contribution in [0, 0.1) is 0 Å². The van der Waals surface area contributed by atoms with Gasteiger partial charge in [0.1, 0.15) is 0 Å². The molecule has 0 fully saturated rings. The Balaban J connectivity index is 2.35. The zero-order valence-corrected chi connectivity index (χ0v) is 8.10. The first-order valence-corrected chi connectivity index (χ1v) is 5.15. The minimum Gasteiger partial charge on any atom is -0.388 e. The molecule has 1 aliphatic rings. The normalized spacial score (nSPS) is 19.0. The summed E-state index contributed by atoms with van der Waals surface area (Å²) >= 11 is 1.72. The van der Waals surface area contributed by atoms with Crippen molar-refractivity contribution in [2.24, 2.45) is 0 Å². The summed E-state index contributed by atoms with van der Waals surface area (Å²) in [6.45, 7) is 0.864. The largest absolute Gasteiger partial charge is 0.388 e. The van der Waals surface area contributed by atoms with Crippen LogP contribution in [0.15, 0.2) is 23.1 Å². The van der Waals surface area contributed by atoms with Crippen LogP contribution in [-0.4, -0.2) is 30.6 Å². The molecule has 0 aromatic carbocycles. The van der Waals surface area contributed by atoms with E-state index in [1.165, 1.54) is 0 Å². The average Bonchev–Trinajstić information content (AvgIpc) is 2.15. The van der Waals surface area contributed by atoms with Gasteiger partial charge in [-0.25, -0.2) is 0 Å². The monoisotopic (exact) mass is 185 g/mol. The number of aliphatic hydroxyl groups is 1. The van der Waals surface area contributed by atoms with Crippen LogP contribution < -0.4 is 5.32 Å². The molecule has 0 aromatic heterocycles. The Morgan fingerprint density at radius 1 is 1.75 bits per heavy atom. The van der Waals surface area contributed by atoms with E-state index in [0.717, 1.165) is 23.6 Å². The number of hydrogen-bond donors (Lipinski definition) is 2. The Labute approximate surface area is 77.7 Å². The van der Waals surface area contributed by atoms with Gasteiger partial charge in [-0.3, -0.25) is 0 Å². The van der Waals surface area contributed by atoms with Gasteiger partial charge >= 0.3 is 0 Å². The van der Waals surface area contributed by atoms with E-state index in [1.807, 2.05) is 19.2 Å². The summed E-state index contributed by atoms with van der Waals surface area (Å²) in [6, 6.07) is 0. The van der Waals surface area contributed by atoms with Crippen molar-refractivity contribution in [2.45, 2.75) is 12.5 Å². The van der Waals surface area contributed by atoms with Gasteiger partial charge in [0.15, 0.2) is 0 Å². The molecule has 68 valence electrons. The second kappa shape index (κ2) is 5.41. The smallest absolute Gasteiger partial charge is 0.0860 e. The Morgan fingerprint density at radius 3 is 3.17 bits per heavy atom. The van der Waals surface area contributed by atoms with Gasteiger partial charge in [-0.05, 0) is 20.0 Å². The van der Waals surface area contributed by atoms with Crippen LogP contribution in [-0.2, 0) is 0 Å². The number of rotatable bonds is 4. The highest BCUT2D eigenvalue weighted by molar-refractivity contribution is 8.03. The number of aliphatic hydroxyl groups excluding tert-OH is 1. The fraction of sp³-hybridized carbons (Fsp3) is 0.556. The number of nitrogens with one attached hydrogen (secondary N) is 1. The van der Waals surface area contributed by atoms with Gasteiger partial charge in [-0.2, -0.15) is 0 Å². The minimum atomic E-state index is -0.285. The lowest BCUT2D eigenvalue weighted by Gasteiger charge is -2.15. The van der Waals surface area contributed by atoms with Crippen molar-refractivity contribution < 1.29 is 5.11 Å². The van der Waals surface area contributed by atoms with Gasteiger partial charge in [0.25, 0.3) is 0 Å². The van der Waals surface area contributed by atoms with Crippen LogP contribution in [0.4, 0.5) is 0 Å². The third-order valence-corrected chi connectivity index (χ3v) is 2.84. The molecule has 0 aromatic rings. The molecule has 2 nitrogen and oxygen atoms in total. The fourth-order valence-electron chi connectivity index (χ4n) is 1.04. The summed E-state index contributed by atoms with van der Waals surface area (Å²) in [5.74, 6) is 0.989. The minimum absolute atomic E-state index is 0.285. The molecule has 1 aliphatic heterocycles. The van der Waals surface area contributed by atoms with Crippen molar-refractivity contribution in [3.8, 4) is 0 Å². The topological polar surface area (TPSA) is 32.3 Å². The predicted octanol–water partition coefficient (Wildman–Crippen LogP) is 1.14. The van der Waals surface area contributed by atoms with Crippen molar-refractivity contribution in [1.29, 1.82) is 0 Å². The third-order valence-electron chi connectivity index (χ3n) is 1.74. The first-order valence-electron chi connectivity index (χ1n) is 4.17. The van der Waals surface area contributed by atoms with Gasteiger partial charge < -0.3 is 10.4 Å². The first-order chi connectivity index (χ1) is 5.84. The maximum absolute atomic E-state index is 9.64. The summed E-state index contributed by atoms with van der Waals surface area (Å²) in [5, 5.41) is 12.7. The summed E-state index contributed by atoms with van der Waals surface area (Å²) in [6.07, 6.45) is 6.61. The Morgan fingerprint density at radius 2 is 2.58 bits per heavy atom. The van der Waals surface area contributed by atoms with E-state index in [9.17, 15) is 5.11 Å². The lowest BCUT2D eigenvalue weighted by atomic mass is 10.2. The molecular weight excluding hydrogens is 170 g/mol. The van der Waals surface area contributed by atoms with Crippen molar-refractivity contribution in [2.75, 3.05) is 19.3 Å². The van der Waals surface area contributed by atoms with Crippen molar-refractivity contribution in [3.63, 3.8) is 0 Å². The second-order valence-corrected chi connectivity index (χ2v) is 3.81. The lowest BCUT2D eigenvalue weighted by molar-refractivity contribution is 0.209. The van der Waals surface area contributed by atoms with Crippen LogP contribution in [0.2, 0.25) is 0 Å². The van der Waals surface area contributed by atoms with Crippen molar-refractivity contribution >= 4 is 11.8 Å². The molecule has 1 unspecified atom stereocenters. The molecule has 0 saturated heterocycles. The molecule has 0 bridgehead atoms. The molecule has 1 heterocycles. The molecule has 0 spiro atoms. The quantitative estimate of drug-likeness (QED) is 0.689. The van der Waals surface area contributed by atoms with E-state index in [4.69, 9.17) is 0 Å². The van der Waals surface area contributed by atoms with Crippen LogP contribution in [0.25, 0.3) is 0 Å². The van der Waals surface area contributed by atoms with Crippen molar-refractivity contribution in [1.82, 2.24) is 5.32 Å². The highest BCUT2D eigenvalue weighted by Crippen LogP contribution is 2.24. The Kier molecular flexibility index (Phi) is 4.43. The van der Waals surface area contributed by atoms with E-state index < -0.39 is 0 Å². The van der Waals surface area contributed by atoms with Crippen LogP contribution in [0.5, 0.6) is 0 Å². The molecule has 0 aliphatic carbocycles. The van der Waals surface area contributed by atoms with Crippen molar-refractivity contribution in [3.05, 3.63) is 23.1 Å². The van der Waals surface area contributed by atoms with Gasteiger partial charge in [0.05, 0.1) is 6.10 Å².